The second-order valence-electron chi connectivity index (χ2n) is 13.5. The van der Waals surface area contributed by atoms with E-state index < -0.39 is 74.0 Å². The van der Waals surface area contributed by atoms with Crippen molar-refractivity contribution in [3.63, 3.8) is 0 Å². The first-order valence-corrected chi connectivity index (χ1v) is 17.2. The highest BCUT2D eigenvalue weighted by molar-refractivity contribution is 7.92. The molecule has 4 fully saturated rings. The lowest BCUT2D eigenvalue weighted by atomic mass is 9.66. The van der Waals surface area contributed by atoms with E-state index >= 15 is 0 Å². The van der Waals surface area contributed by atoms with Crippen LogP contribution in [-0.4, -0.2) is 61.7 Å². The maximum atomic E-state index is 14.4. The Morgan fingerprint density at radius 3 is 1.78 bits per heavy atom. The Labute approximate surface area is 269 Å². The molecule has 0 amide bonds. The molecule has 0 spiro atoms. The smallest absolute Gasteiger partial charge is 0.351 e. The number of carbonyl (C=O) groups is 2. The molecule has 9 nitrogen and oxygen atoms in total. The third-order valence-corrected chi connectivity index (χ3v) is 13.1. The molecule has 1 saturated carbocycles. The van der Waals surface area contributed by atoms with Gasteiger partial charge in [-0.25, -0.2) is 13.2 Å². The lowest BCUT2D eigenvalue weighted by Gasteiger charge is -2.39. The number of ether oxygens (including phenoxy) is 5. The minimum absolute atomic E-state index is 0.0833. The van der Waals surface area contributed by atoms with Gasteiger partial charge in [-0.05, 0) is 43.0 Å². The Balaban J connectivity index is 1.25. The SMILES string of the molecule is CC1(C)[C@@]2(C(=O)O[C@@H]3[C@@H]4O[C@@H]([C@@H](OCc5ccccc5)[C@H]4OCc4ccccc4)[C@H]3S(=O)(=O)c3ccccc3)CC[C@]1(C)C(=O)O2. The molecule has 46 heavy (non-hydrogen) atoms. The van der Waals surface area contributed by atoms with E-state index in [9.17, 15) is 18.0 Å². The van der Waals surface area contributed by atoms with Crippen molar-refractivity contribution in [1.29, 1.82) is 0 Å². The molecule has 4 aliphatic rings. The van der Waals surface area contributed by atoms with Crippen LogP contribution in [0.2, 0.25) is 0 Å². The van der Waals surface area contributed by atoms with Gasteiger partial charge in [0.25, 0.3) is 0 Å². The average Bonchev–Trinajstić information content (AvgIpc) is 3.71. The number of sulfone groups is 1. The van der Waals surface area contributed by atoms with Gasteiger partial charge in [-0.3, -0.25) is 4.79 Å². The second-order valence-corrected chi connectivity index (χ2v) is 15.6. The highest BCUT2D eigenvalue weighted by Gasteiger charge is 2.77. The maximum Gasteiger partial charge on any atom is 0.351 e. The topological polar surface area (TPSA) is 114 Å². The number of benzene rings is 3. The fourth-order valence-corrected chi connectivity index (χ4v) is 9.69. The van der Waals surface area contributed by atoms with Gasteiger partial charge in [0.15, 0.2) is 15.9 Å². The molecule has 10 heteroatoms. The second kappa shape index (κ2) is 11.3. The van der Waals surface area contributed by atoms with Gasteiger partial charge in [-0.2, -0.15) is 0 Å². The fourth-order valence-electron chi connectivity index (χ4n) is 7.70. The van der Waals surface area contributed by atoms with Crippen molar-refractivity contribution in [3.05, 3.63) is 102 Å². The third kappa shape index (κ3) is 4.64. The normalized spacial score (nSPS) is 34.0. The molecule has 0 aromatic heterocycles. The van der Waals surface area contributed by atoms with E-state index in [4.69, 9.17) is 23.7 Å². The number of esters is 2. The molecule has 0 unspecified atom stereocenters. The van der Waals surface area contributed by atoms with Gasteiger partial charge >= 0.3 is 11.9 Å². The Kier molecular flexibility index (Phi) is 7.62. The Bertz CT molecular complexity index is 1710. The van der Waals surface area contributed by atoms with Gasteiger partial charge < -0.3 is 23.7 Å². The molecule has 3 saturated heterocycles. The summed E-state index contributed by atoms with van der Waals surface area (Å²) in [5.41, 5.74) is -1.44. The standard InChI is InChI=1S/C36H38O9S/c1-34(2)35(3)19-20-36(34,45-32(35)37)33(38)44-30-28-26(41-21-23-13-7-4-8-14-23)27(42-22-24-15-9-5-10-16-24)29(43-28)31(30)46(39,40)25-17-11-6-12-18-25/h4-18,26-31H,19-22H2,1-3H3/t26-,27+,28-,29+,30-,31-,35-,36+/m1/s1. The van der Waals surface area contributed by atoms with Crippen molar-refractivity contribution in [2.45, 2.75) is 93.1 Å². The van der Waals surface area contributed by atoms with Gasteiger partial charge in [-0.1, -0.05) is 92.7 Å². The van der Waals surface area contributed by atoms with E-state index in [1.165, 1.54) is 12.1 Å². The van der Waals surface area contributed by atoms with Crippen molar-refractivity contribution in [2.24, 2.45) is 10.8 Å². The summed E-state index contributed by atoms with van der Waals surface area (Å²) < 4.78 is 60.1. The van der Waals surface area contributed by atoms with Crippen LogP contribution in [0, 0.1) is 10.8 Å². The van der Waals surface area contributed by atoms with Gasteiger partial charge in [0, 0.05) is 5.41 Å². The molecule has 3 aliphatic heterocycles. The number of hydrogen-bond acceptors (Lipinski definition) is 9. The quantitative estimate of drug-likeness (QED) is 0.286. The molecular formula is C36H38O9S. The maximum absolute atomic E-state index is 14.4. The summed E-state index contributed by atoms with van der Waals surface area (Å²) in [6, 6.07) is 27.2. The minimum atomic E-state index is -4.11. The summed E-state index contributed by atoms with van der Waals surface area (Å²) in [5, 5.41) is -1.29. The number of fused-ring (bicyclic) bond motifs is 4. The lowest BCUT2D eigenvalue weighted by molar-refractivity contribution is -0.192. The summed E-state index contributed by atoms with van der Waals surface area (Å²) >= 11 is 0. The van der Waals surface area contributed by atoms with Crippen molar-refractivity contribution >= 4 is 21.8 Å². The predicted octanol–water partition coefficient (Wildman–Crippen LogP) is 4.81. The summed E-state index contributed by atoms with van der Waals surface area (Å²) in [6.45, 7) is 5.90. The highest BCUT2D eigenvalue weighted by Crippen LogP contribution is 2.66. The third-order valence-electron chi connectivity index (χ3n) is 10.9. The van der Waals surface area contributed by atoms with Crippen LogP contribution < -0.4 is 0 Å². The fraction of sp³-hybridized carbons (Fsp3) is 0.444. The van der Waals surface area contributed by atoms with Gasteiger partial charge in [-0.15, -0.1) is 0 Å². The van der Waals surface area contributed by atoms with Crippen LogP contribution >= 0.6 is 0 Å². The van der Waals surface area contributed by atoms with Crippen LogP contribution in [0.25, 0.3) is 0 Å². The van der Waals surface area contributed by atoms with E-state index in [0.29, 0.717) is 6.42 Å². The molecule has 0 radical (unpaired) electrons. The van der Waals surface area contributed by atoms with Gasteiger partial charge in [0.1, 0.15) is 29.7 Å². The molecular weight excluding hydrogens is 608 g/mol. The van der Waals surface area contributed by atoms with Crippen LogP contribution in [0.1, 0.15) is 44.7 Å². The van der Waals surface area contributed by atoms with E-state index in [2.05, 4.69) is 0 Å². The van der Waals surface area contributed by atoms with Gasteiger partial charge in [0.2, 0.25) is 5.60 Å². The van der Waals surface area contributed by atoms with Crippen LogP contribution in [0.4, 0.5) is 0 Å². The van der Waals surface area contributed by atoms with Crippen LogP contribution in [-0.2, 0) is 56.3 Å². The van der Waals surface area contributed by atoms with E-state index in [1.54, 1.807) is 18.2 Å². The van der Waals surface area contributed by atoms with Gasteiger partial charge in [0.05, 0.1) is 23.5 Å². The zero-order chi connectivity index (χ0) is 32.3. The largest absolute Gasteiger partial charge is 0.455 e. The Morgan fingerprint density at radius 2 is 1.28 bits per heavy atom. The van der Waals surface area contributed by atoms with Crippen LogP contribution in [0.3, 0.4) is 0 Å². The van der Waals surface area contributed by atoms with E-state index in [0.717, 1.165) is 11.1 Å². The molecule has 3 heterocycles. The van der Waals surface area contributed by atoms with Crippen molar-refractivity contribution < 1.29 is 41.7 Å². The Morgan fingerprint density at radius 1 is 0.761 bits per heavy atom. The summed E-state index contributed by atoms with van der Waals surface area (Å²) in [4.78, 5) is 27.3. The number of hydrogen-bond donors (Lipinski definition) is 0. The number of carbonyl (C=O) groups excluding carboxylic acids is 2. The van der Waals surface area contributed by atoms with Crippen LogP contribution in [0.5, 0.6) is 0 Å². The number of rotatable bonds is 10. The first-order chi connectivity index (χ1) is 22.0. The summed E-state index contributed by atoms with van der Waals surface area (Å²) in [7, 11) is -4.11. The zero-order valence-electron chi connectivity index (χ0n) is 26.0. The van der Waals surface area contributed by atoms with Crippen molar-refractivity contribution in [1.82, 2.24) is 0 Å². The highest BCUT2D eigenvalue weighted by atomic mass is 32.2. The molecule has 7 rings (SSSR count). The molecule has 8 atom stereocenters. The molecule has 0 N–H and O–H groups in total. The van der Waals surface area contributed by atoms with Crippen LogP contribution in [0.15, 0.2) is 95.9 Å². The predicted molar refractivity (Wildman–Crippen MR) is 166 cm³/mol. The van der Waals surface area contributed by atoms with E-state index in [-0.39, 0.29) is 24.5 Å². The minimum Gasteiger partial charge on any atom is -0.455 e. The summed E-state index contributed by atoms with van der Waals surface area (Å²) in [5.74, 6) is -1.21. The van der Waals surface area contributed by atoms with Crippen molar-refractivity contribution in [3.8, 4) is 0 Å². The zero-order valence-corrected chi connectivity index (χ0v) is 26.9. The molecule has 3 aromatic rings. The first kappa shape index (κ1) is 31.1. The molecule has 1 aliphatic carbocycles. The molecule has 242 valence electrons. The average molecular weight is 647 g/mol. The summed E-state index contributed by atoms with van der Waals surface area (Å²) in [6.07, 6.45) is -3.97. The lowest BCUT2D eigenvalue weighted by Crippen LogP contribution is -2.60. The first-order valence-electron chi connectivity index (χ1n) is 15.7. The molecule has 3 aromatic carbocycles. The van der Waals surface area contributed by atoms with E-state index in [1.807, 2.05) is 81.4 Å². The Hall–Kier alpha value is -3.57. The monoisotopic (exact) mass is 646 g/mol. The molecule has 4 bridgehead atoms. The van der Waals surface area contributed by atoms with Crippen molar-refractivity contribution in [2.75, 3.05) is 0 Å².